The number of carbonyl (C=O) groups is 1. The summed E-state index contributed by atoms with van der Waals surface area (Å²) in [6.45, 7) is 10.9. The van der Waals surface area contributed by atoms with Crippen molar-refractivity contribution in [2.45, 2.75) is 51.9 Å². The van der Waals surface area contributed by atoms with Gasteiger partial charge in [-0.15, -0.1) is 0 Å². The fourth-order valence-corrected chi connectivity index (χ4v) is 4.90. The molecule has 0 N–H and O–H groups in total. The first-order valence-electron chi connectivity index (χ1n) is 12.8. The number of aromatic nitrogens is 3. The molecular weight excluding hydrogens is 465 g/mol. The fourth-order valence-electron chi connectivity index (χ4n) is 4.90. The predicted molar refractivity (Wildman–Crippen MR) is 147 cm³/mol. The molecule has 5 rings (SSSR count). The van der Waals surface area contributed by atoms with Crippen molar-refractivity contribution in [3.8, 4) is 0 Å². The van der Waals surface area contributed by atoms with E-state index >= 15 is 0 Å². The van der Waals surface area contributed by atoms with E-state index in [4.69, 9.17) is 9.31 Å². The summed E-state index contributed by atoms with van der Waals surface area (Å²) in [5.74, 6) is -0.0334. The van der Waals surface area contributed by atoms with Crippen molar-refractivity contribution in [2.75, 3.05) is 27.2 Å². The summed E-state index contributed by atoms with van der Waals surface area (Å²) in [7, 11) is 5.15. The molecule has 0 aliphatic carbocycles. The molecule has 8 nitrogen and oxygen atoms in total. The lowest BCUT2D eigenvalue weighted by Gasteiger charge is -2.32. The monoisotopic (exact) mass is 501 g/mol. The molecule has 0 bridgehead atoms. The van der Waals surface area contributed by atoms with Crippen molar-refractivity contribution >= 4 is 35.1 Å². The molecule has 1 amide bonds. The Hall–Kier alpha value is -3.01. The summed E-state index contributed by atoms with van der Waals surface area (Å²) in [4.78, 5) is 25.4. The third kappa shape index (κ3) is 4.71. The Morgan fingerprint density at radius 3 is 2.43 bits per heavy atom. The quantitative estimate of drug-likeness (QED) is 0.500. The second kappa shape index (κ2) is 9.38. The topological polar surface area (TPSA) is 72.7 Å². The Morgan fingerprint density at radius 1 is 1.11 bits per heavy atom. The second-order valence-corrected chi connectivity index (χ2v) is 11.3. The summed E-state index contributed by atoms with van der Waals surface area (Å²) in [5.41, 5.74) is 5.15. The zero-order valence-corrected chi connectivity index (χ0v) is 22.9. The number of aryl methyl sites for hydroxylation is 1. The second-order valence-electron chi connectivity index (χ2n) is 11.3. The molecule has 1 saturated heterocycles. The molecule has 9 heteroatoms. The van der Waals surface area contributed by atoms with Crippen LogP contribution in [-0.2, 0) is 22.9 Å². The Bertz CT molecular complexity index is 1340. The van der Waals surface area contributed by atoms with Gasteiger partial charge in [-0.1, -0.05) is 6.08 Å². The van der Waals surface area contributed by atoms with Gasteiger partial charge in [-0.3, -0.25) is 14.7 Å². The maximum atomic E-state index is 12.1. The predicted octanol–water partition coefficient (Wildman–Crippen LogP) is 3.26. The van der Waals surface area contributed by atoms with E-state index in [0.717, 1.165) is 48.2 Å². The normalized spacial score (nSPS) is 19.3. The molecule has 0 atom stereocenters. The van der Waals surface area contributed by atoms with Gasteiger partial charge in [0, 0.05) is 64.3 Å². The Kier molecular flexibility index (Phi) is 6.50. The highest BCUT2D eigenvalue weighted by Crippen LogP contribution is 2.37. The van der Waals surface area contributed by atoms with E-state index in [1.165, 1.54) is 11.3 Å². The molecule has 3 aromatic rings. The number of pyridine rings is 2. The van der Waals surface area contributed by atoms with Gasteiger partial charge >= 0.3 is 7.12 Å². The molecule has 3 aromatic heterocycles. The summed E-state index contributed by atoms with van der Waals surface area (Å²) in [6, 6.07) is 8.04. The van der Waals surface area contributed by atoms with Crippen LogP contribution in [0.5, 0.6) is 0 Å². The van der Waals surface area contributed by atoms with Crippen molar-refractivity contribution in [1.29, 1.82) is 0 Å². The van der Waals surface area contributed by atoms with Gasteiger partial charge in [0.2, 0.25) is 0 Å². The number of hydrogen-bond acceptors (Lipinski definition) is 6. The van der Waals surface area contributed by atoms with Gasteiger partial charge in [0.1, 0.15) is 5.65 Å². The standard InChI is InChI=1S/C28H36BN5O3/c1-27(2)28(3,4)37-29(36-27)23-10-13-30-25-22(23)16-21(33(25)7)18-34-14-11-19(12-15-34)24-9-8-20(17-31-24)26(35)32(5)6/h8-11,13,16-17H,12,14-15,18H2,1-7H3. The largest absolute Gasteiger partial charge is 0.495 e. The van der Waals surface area contributed by atoms with E-state index in [-0.39, 0.29) is 17.1 Å². The van der Waals surface area contributed by atoms with Crippen LogP contribution in [0.25, 0.3) is 16.6 Å². The molecular formula is C28H36BN5O3. The minimum absolute atomic E-state index is 0.0334. The Labute approximate surface area is 219 Å². The van der Waals surface area contributed by atoms with Crippen LogP contribution in [0.3, 0.4) is 0 Å². The van der Waals surface area contributed by atoms with Crippen molar-refractivity contribution < 1.29 is 14.1 Å². The van der Waals surface area contributed by atoms with Crippen LogP contribution in [0.2, 0.25) is 0 Å². The molecule has 0 aromatic carbocycles. The van der Waals surface area contributed by atoms with Crippen LogP contribution in [0.15, 0.2) is 42.7 Å². The van der Waals surface area contributed by atoms with Crippen molar-refractivity contribution in [3.05, 3.63) is 59.7 Å². The van der Waals surface area contributed by atoms with E-state index in [1.807, 2.05) is 24.4 Å². The molecule has 5 heterocycles. The highest BCUT2D eigenvalue weighted by molar-refractivity contribution is 6.65. The van der Waals surface area contributed by atoms with E-state index < -0.39 is 7.12 Å². The van der Waals surface area contributed by atoms with Crippen molar-refractivity contribution in [3.63, 3.8) is 0 Å². The Balaban J connectivity index is 1.31. The van der Waals surface area contributed by atoms with Gasteiger partial charge in [0.25, 0.3) is 5.91 Å². The van der Waals surface area contributed by atoms with Crippen LogP contribution in [0.4, 0.5) is 0 Å². The van der Waals surface area contributed by atoms with Crippen LogP contribution >= 0.6 is 0 Å². The fraction of sp³-hybridized carbons (Fsp3) is 0.464. The average molecular weight is 501 g/mol. The highest BCUT2D eigenvalue weighted by atomic mass is 16.7. The van der Waals surface area contributed by atoms with Crippen molar-refractivity contribution in [2.24, 2.45) is 7.05 Å². The molecule has 0 saturated carbocycles. The number of nitrogens with zero attached hydrogens (tertiary/aromatic N) is 5. The zero-order valence-electron chi connectivity index (χ0n) is 22.9. The molecule has 0 spiro atoms. The van der Waals surface area contributed by atoms with Crippen molar-refractivity contribution in [1.82, 2.24) is 24.3 Å². The van der Waals surface area contributed by atoms with Gasteiger partial charge < -0.3 is 18.8 Å². The van der Waals surface area contributed by atoms with Crippen LogP contribution in [0, 0.1) is 0 Å². The third-order valence-corrected chi connectivity index (χ3v) is 7.99. The number of amides is 1. The summed E-state index contributed by atoms with van der Waals surface area (Å²) in [6.07, 6.45) is 6.67. The Morgan fingerprint density at radius 2 is 1.84 bits per heavy atom. The zero-order chi connectivity index (χ0) is 26.5. The van der Waals surface area contributed by atoms with E-state index in [1.54, 1.807) is 25.2 Å². The minimum atomic E-state index is -0.418. The van der Waals surface area contributed by atoms with Gasteiger partial charge in [0.15, 0.2) is 0 Å². The minimum Gasteiger partial charge on any atom is -0.399 e. The number of carbonyl (C=O) groups excluding carboxylic acids is 1. The number of fused-ring (bicyclic) bond motifs is 1. The van der Waals surface area contributed by atoms with Gasteiger partial charge in [0.05, 0.1) is 22.5 Å². The van der Waals surface area contributed by atoms with Gasteiger partial charge in [-0.2, -0.15) is 0 Å². The van der Waals surface area contributed by atoms with Crippen LogP contribution in [0.1, 0.15) is 55.9 Å². The van der Waals surface area contributed by atoms with Gasteiger partial charge in [-0.25, -0.2) is 4.98 Å². The highest BCUT2D eigenvalue weighted by Gasteiger charge is 2.52. The first-order chi connectivity index (χ1) is 17.5. The molecule has 0 radical (unpaired) electrons. The lowest BCUT2D eigenvalue weighted by molar-refractivity contribution is 0.00578. The molecule has 2 aliphatic heterocycles. The SMILES string of the molecule is CN(C)C(=O)c1ccc(C2=CCN(Cc3cc4c(B5OC(C)(C)C(C)(C)O5)ccnc4n3C)CC2)nc1. The van der Waals surface area contributed by atoms with E-state index in [2.05, 4.69) is 66.3 Å². The molecule has 37 heavy (non-hydrogen) atoms. The number of rotatable bonds is 5. The van der Waals surface area contributed by atoms with Crippen LogP contribution in [-0.4, -0.2) is 75.7 Å². The van der Waals surface area contributed by atoms with Crippen LogP contribution < -0.4 is 5.46 Å². The lowest BCUT2D eigenvalue weighted by atomic mass is 9.78. The van der Waals surface area contributed by atoms with E-state index in [9.17, 15) is 4.79 Å². The average Bonchev–Trinajstić information content (AvgIpc) is 3.29. The summed E-state index contributed by atoms with van der Waals surface area (Å²) < 4.78 is 14.8. The van der Waals surface area contributed by atoms with Gasteiger partial charge in [-0.05, 0) is 69.4 Å². The lowest BCUT2D eigenvalue weighted by Crippen LogP contribution is -2.41. The maximum absolute atomic E-state index is 12.1. The third-order valence-electron chi connectivity index (χ3n) is 7.99. The summed E-state index contributed by atoms with van der Waals surface area (Å²) >= 11 is 0. The molecule has 1 fully saturated rings. The first kappa shape index (κ1) is 25.6. The molecule has 194 valence electrons. The molecule has 2 aliphatic rings. The first-order valence-corrected chi connectivity index (χ1v) is 12.8. The molecule has 0 unspecified atom stereocenters. The maximum Gasteiger partial charge on any atom is 0.495 e. The van der Waals surface area contributed by atoms with E-state index in [0.29, 0.717) is 5.56 Å². The summed E-state index contributed by atoms with van der Waals surface area (Å²) in [5, 5.41) is 1.07. The smallest absolute Gasteiger partial charge is 0.399 e. The number of hydrogen-bond donors (Lipinski definition) is 0.